The summed E-state index contributed by atoms with van der Waals surface area (Å²) < 4.78 is 8.76. The van der Waals surface area contributed by atoms with Gasteiger partial charge < -0.3 is 24.4 Å². The van der Waals surface area contributed by atoms with Crippen LogP contribution < -0.4 is 15.0 Å². The normalized spacial score (nSPS) is 17.1. The Morgan fingerprint density at radius 2 is 2.18 bits per heavy atom. The van der Waals surface area contributed by atoms with Gasteiger partial charge in [-0.05, 0) is 46.5 Å². The van der Waals surface area contributed by atoms with Gasteiger partial charge in [-0.2, -0.15) is 0 Å². The molecular formula is C21H30BrN5O. The number of hydrogen-bond donors (Lipinski definition) is 1. The van der Waals surface area contributed by atoms with Gasteiger partial charge in [0.1, 0.15) is 5.75 Å². The van der Waals surface area contributed by atoms with Gasteiger partial charge in [0.25, 0.3) is 0 Å². The Morgan fingerprint density at radius 3 is 2.86 bits per heavy atom. The minimum atomic E-state index is 0.583. The lowest BCUT2D eigenvalue weighted by molar-refractivity contribution is 0.414. The molecule has 3 rings (SSSR count). The zero-order valence-corrected chi connectivity index (χ0v) is 18.7. The summed E-state index contributed by atoms with van der Waals surface area (Å²) >= 11 is 3.54. The summed E-state index contributed by atoms with van der Waals surface area (Å²) in [6.07, 6.45) is 3.24. The quantitative estimate of drug-likeness (QED) is 0.544. The molecule has 0 saturated carbocycles. The van der Waals surface area contributed by atoms with Gasteiger partial charge in [-0.3, -0.25) is 4.99 Å². The highest BCUT2D eigenvalue weighted by atomic mass is 79.9. The highest BCUT2D eigenvalue weighted by Crippen LogP contribution is 2.31. The number of halogens is 1. The van der Waals surface area contributed by atoms with E-state index < -0.39 is 0 Å². The number of hydrogen-bond acceptors (Lipinski definition) is 3. The number of aromatic nitrogens is 1. The van der Waals surface area contributed by atoms with Gasteiger partial charge in [0.05, 0.1) is 19.3 Å². The largest absolute Gasteiger partial charge is 0.495 e. The van der Waals surface area contributed by atoms with Gasteiger partial charge in [0.2, 0.25) is 0 Å². The molecule has 0 radical (unpaired) electrons. The third-order valence-electron chi connectivity index (χ3n) is 5.31. The van der Waals surface area contributed by atoms with Crippen LogP contribution >= 0.6 is 15.9 Å². The second-order valence-corrected chi connectivity index (χ2v) is 8.23. The molecule has 1 aliphatic heterocycles. The van der Waals surface area contributed by atoms with Crippen LogP contribution in [-0.4, -0.2) is 56.3 Å². The van der Waals surface area contributed by atoms with Gasteiger partial charge in [-0.1, -0.05) is 12.1 Å². The Bertz CT molecular complexity index is 819. The first-order valence-corrected chi connectivity index (χ1v) is 10.4. The lowest BCUT2D eigenvalue weighted by atomic mass is 10.1. The van der Waals surface area contributed by atoms with Gasteiger partial charge in [-0.15, -0.1) is 0 Å². The van der Waals surface area contributed by atoms with Crippen LogP contribution in [0.4, 0.5) is 5.69 Å². The lowest BCUT2D eigenvalue weighted by Crippen LogP contribution is -2.41. The molecular weight excluding hydrogens is 418 g/mol. The maximum atomic E-state index is 5.52. The third kappa shape index (κ3) is 4.82. The fourth-order valence-electron chi connectivity index (χ4n) is 3.77. The summed E-state index contributed by atoms with van der Waals surface area (Å²) in [6, 6.07) is 10.4. The first-order valence-electron chi connectivity index (χ1n) is 9.62. The Morgan fingerprint density at radius 1 is 1.39 bits per heavy atom. The van der Waals surface area contributed by atoms with E-state index in [1.165, 1.54) is 11.4 Å². The number of para-hydroxylation sites is 2. The van der Waals surface area contributed by atoms with Gasteiger partial charge in [0, 0.05) is 57.1 Å². The number of rotatable bonds is 6. The van der Waals surface area contributed by atoms with Crippen LogP contribution in [0, 0.1) is 5.92 Å². The molecule has 1 atom stereocenters. The molecule has 0 aliphatic carbocycles. The predicted octanol–water partition coefficient (Wildman–Crippen LogP) is 3.33. The number of methoxy groups -OCH3 is 1. The van der Waals surface area contributed by atoms with Crippen molar-refractivity contribution in [2.75, 3.05) is 45.7 Å². The van der Waals surface area contributed by atoms with Gasteiger partial charge in [0.15, 0.2) is 5.96 Å². The molecule has 7 heteroatoms. The van der Waals surface area contributed by atoms with Crippen molar-refractivity contribution in [1.29, 1.82) is 0 Å². The average Bonchev–Trinajstić information content (AvgIpc) is 3.28. The van der Waals surface area contributed by atoms with E-state index in [1.807, 2.05) is 19.2 Å². The van der Waals surface area contributed by atoms with Crippen LogP contribution in [0.25, 0.3) is 0 Å². The number of anilines is 1. The number of aryl methyl sites for hydroxylation is 1. The van der Waals surface area contributed by atoms with E-state index in [0.29, 0.717) is 5.92 Å². The molecule has 1 N–H and O–H groups in total. The molecule has 1 aliphatic rings. The van der Waals surface area contributed by atoms with Crippen LogP contribution in [0.1, 0.15) is 12.1 Å². The molecule has 1 aromatic heterocycles. The molecule has 0 amide bonds. The summed E-state index contributed by atoms with van der Waals surface area (Å²) in [5, 5.41) is 3.56. The molecule has 1 fully saturated rings. The maximum Gasteiger partial charge on any atom is 0.193 e. The van der Waals surface area contributed by atoms with Crippen molar-refractivity contribution in [2.45, 2.75) is 13.0 Å². The van der Waals surface area contributed by atoms with E-state index in [0.717, 1.165) is 48.8 Å². The molecule has 0 spiro atoms. The predicted molar refractivity (Wildman–Crippen MR) is 119 cm³/mol. The van der Waals surface area contributed by atoms with E-state index >= 15 is 0 Å². The first kappa shape index (κ1) is 20.6. The second-order valence-electron chi connectivity index (χ2n) is 7.32. The monoisotopic (exact) mass is 447 g/mol. The minimum absolute atomic E-state index is 0.583. The molecule has 2 heterocycles. The summed E-state index contributed by atoms with van der Waals surface area (Å²) in [5.74, 6) is 2.45. The van der Waals surface area contributed by atoms with E-state index in [9.17, 15) is 0 Å². The molecule has 28 heavy (non-hydrogen) atoms. The molecule has 152 valence electrons. The number of benzene rings is 1. The average molecular weight is 448 g/mol. The Balaban J connectivity index is 1.53. The van der Waals surface area contributed by atoms with E-state index in [4.69, 9.17) is 4.74 Å². The standard InChI is InChI=1S/C21H30BrN5O/c1-23-21(26(3)15-18-11-17(22)14-25(18)2)24-12-16-9-10-27(13-16)19-7-5-6-8-20(19)28-4/h5-8,11,14,16H,9-10,12-13,15H2,1-4H3,(H,23,24). The third-order valence-corrected chi connectivity index (χ3v) is 5.74. The fraction of sp³-hybridized carbons (Fsp3) is 0.476. The summed E-state index contributed by atoms with van der Waals surface area (Å²) in [7, 11) is 7.72. The topological polar surface area (TPSA) is 45.0 Å². The molecule has 0 bridgehead atoms. The van der Waals surface area contributed by atoms with E-state index in [2.05, 4.69) is 79.1 Å². The van der Waals surface area contributed by atoms with Crippen molar-refractivity contribution in [1.82, 2.24) is 14.8 Å². The smallest absolute Gasteiger partial charge is 0.193 e. The molecule has 1 saturated heterocycles. The minimum Gasteiger partial charge on any atom is -0.495 e. The molecule has 2 aromatic rings. The van der Waals surface area contributed by atoms with Crippen LogP contribution in [0.5, 0.6) is 5.75 Å². The summed E-state index contributed by atoms with van der Waals surface area (Å²) in [6.45, 7) is 3.80. The van der Waals surface area contributed by atoms with Crippen LogP contribution in [-0.2, 0) is 13.6 Å². The second kappa shape index (κ2) is 9.37. The van der Waals surface area contributed by atoms with E-state index in [-0.39, 0.29) is 0 Å². The number of guanidine groups is 1. The van der Waals surface area contributed by atoms with Crippen LogP contribution in [0.15, 0.2) is 46.0 Å². The number of ether oxygens (including phenoxy) is 1. The highest BCUT2D eigenvalue weighted by Gasteiger charge is 2.25. The molecule has 1 aromatic carbocycles. The zero-order valence-electron chi connectivity index (χ0n) is 17.2. The Labute approximate surface area is 176 Å². The van der Waals surface area contributed by atoms with E-state index in [1.54, 1.807) is 7.11 Å². The Kier molecular flexibility index (Phi) is 6.88. The SMILES string of the molecule is CN=C(NCC1CCN(c2ccccc2OC)C1)N(C)Cc1cc(Br)cn1C. The number of nitrogens with zero attached hydrogens (tertiary/aromatic N) is 4. The summed E-state index contributed by atoms with van der Waals surface area (Å²) in [5.41, 5.74) is 2.42. The van der Waals surface area contributed by atoms with Crippen LogP contribution in [0.2, 0.25) is 0 Å². The maximum absolute atomic E-state index is 5.52. The highest BCUT2D eigenvalue weighted by molar-refractivity contribution is 9.10. The van der Waals surface area contributed by atoms with Crippen LogP contribution in [0.3, 0.4) is 0 Å². The fourth-order valence-corrected chi connectivity index (χ4v) is 4.34. The van der Waals surface area contributed by atoms with Crippen molar-refractivity contribution in [3.05, 3.63) is 46.7 Å². The number of aliphatic imine (C=N–C) groups is 1. The molecule has 6 nitrogen and oxygen atoms in total. The first-order chi connectivity index (χ1) is 13.5. The van der Waals surface area contributed by atoms with Crippen molar-refractivity contribution < 1.29 is 4.74 Å². The summed E-state index contributed by atoms with van der Waals surface area (Å²) in [4.78, 5) is 9.04. The van der Waals surface area contributed by atoms with Crippen molar-refractivity contribution in [3.8, 4) is 5.75 Å². The van der Waals surface area contributed by atoms with Crippen molar-refractivity contribution in [2.24, 2.45) is 18.0 Å². The number of nitrogens with one attached hydrogen (secondary N) is 1. The zero-order chi connectivity index (χ0) is 20.1. The molecule has 1 unspecified atom stereocenters. The van der Waals surface area contributed by atoms with Gasteiger partial charge in [-0.25, -0.2) is 0 Å². The van der Waals surface area contributed by atoms with Crippen molar-refractivity contribution in [3.63, 3.8) is 0 Å². The van der Waals surface area contributed by atoms with Gasteiger partial charge >= 0.3 is 0 Å². The lowest BCUT2D eigenvalue weighted by Gasteiger charge is -2.24. The Hall–Kier alpha value is -2.15. The van der Waals surface area contributed by atoms with Crippen molar-refractivity contribution >= 4 is 27.6 Å².